The molecule has 5 N–H and O–H groups in total. The van der Waals surface area contributed by atoms with Gasteiger partial charge in [0.05, 0.1) is 12.2 Å². The van der Waals surface area contributed by atoms with E-state index in [1.807, 2.05) is 0 Å². The highest BCUT2D eigenvalue weighted by molar-refractivity contribution is 4.92. The van der Waals surface area contributed by atoms with Crippen molar-refractivity contribution in [3.8, 4) is 0 Å². The molecule has 0 aromatic rings. The van der Waals surface area contributed by atoms with Gasteiger partial charge in [-0.2, -0.15) is 0 Å². The van der Waals surface area contributed by atoms with Crippen LogP contribution in [-0.2, 0) is 0 Å². The fourth-order valence-corrected chi connectivity index (χ4v) is 1.18. The number of hydrogen-bond donors (Lipinski definition) is 5. The second-order valence-corrected chi connectivity index (χ2v) is 2.84. The molecular weight excluding hydrogens is 152 g/mol. The summed E-state index contributed by atoms with van der Waals surface area (Å²) in [5.41, 5.74) is 0. The molecule has 66 valence electrons. The Morgan fingerprint density at radius 1 is 0.636 bits per heavy atom. The standard InChI is InChI=1S/C6H12O5/c7-2-1-3(8)5(10)6(11)4(2)9/h2-11H,1H2/t2-,3?,4?,5-,6?/m0/s1. The van der Waals surface area contributed by atoms with Crippen LogP contribution in [0.25, 0.3) is 0 Å². The quantitative estimate of drug-likeness (QED) is 0.266. The van der Waals surface area contributed by atoms with E-state index in [2.05, 4.69) is 0 Å². The molecule has 0 aliphatic heterocycles. The van der Waals surface area contributed by atoms with Gasteiger partial charge < -0.3 is 25.5 Å². The van der Waals surface area contributed by atoms with Gasteiger partial charge in [0.1, 0.15) is 18.3 Å². The summed E-state index contributed by atoms with van der Waals surface area (Å²) in [7, 11) is 0. The van der Waals surface area contributed by atoms with Gasteiger partial charge in [-0.25, -0.2) is 0 Å². The van der Waals surface area contributed by atoms with Gasteiger partial charge in [0, 0.05) is 6.42 Å². The zero-order chi connectivity index (χ0) is 8.59. The van der Waals surface area contributed by atoms with Crippen molar-refractivity contribution in [3.05, 3.63) is 0 Å². The predicted molar refractivity (Wildman–Crippen MR) is 34.7 cm³/mol. The minimum atomic E-state index is -1.46. The third-order valence-corrected chi connectivity index (χ3v) is 1.97. The van der Waals surface area contributed by atoms with Gasteiger partial charge in [-0.15, -0.1) is 0 Å². The Balaban J connectivity index is 2.63. The second kappa shape index (κ2) is 3.04. The summed E-state index contributed by atoms with van der Waals surface area (Å²) in [5, 5.41) is 44.8. The van der Waals surface area contributed by atoms with Gasteiger partial charge in [-0.3, -0.25) is 0 Å². The summed E-state index contributed by atoms with van der Waals surface area (Å²) in [6.45, 7) is 0. The molecule has 0 aromatic carbocycles. The summed E-state index contributed by atoms with van der Waals surface area (Å²) in [4.78, 5) is 0. The molecule has 0 radical (unpaired) electrons. The molecule has 1 aliphatic rings. The van der Waals surface area contributed by atoms with Gasteiger partial charge in [-0.05, 0) is 0 Å². The van der Waals surface area contributed by atoms with Crippen molar-refractivity contribution in [1.29, 1.82) is 0 Å². The molecular formula is C6H12O5. The van der Waals surface area contributed by atoms with Crippen molar-refractivity contribution in [3.63, 3.8) is 0 Å². The van der Waals surface area contributed by atoms with Crippen LogP contribution in [0.3, 0.4) is 0 Å². The largest absolute Gasteiger partial charge is 0.390 e. The fourth-order valence-electron chi connectivity index (χ4n) is 1.18. The average Bonchev–Trinajstić information content (AvgIpc) is 1.97. The molecule has 5 atom stereocenters. The molecule has 1 rings (SSSR count). The number of hydrogen-bond acceptors (Lipinski definition) is 5. The lowest BCUT2D eigenvalue weighted by Gasteiger charge is -2.35. The van der Waals surface area contributed by atoms with Crippen molar-refractivity contribution >= 4 is 0 Å². The minimum Gasteiger partial charge on any atom is -0.390 e. The molecule has 0 saturated heterocycles. The lowest BCUT2D eigenvalue weighted by molar-refractivity contribution is -0.176. The molecule has 1 aliphatic carbocycles. The zero-order valence-electron chi connectivity index (χ0n) is 5.83. The summed E-state index contributed by atoms with van der Waals surface area (Å²) in [5.74, 6) is 0. The summed E-state index contributed by atoms with van der Waals surface area (Å²) >= 11 is 0. The van der Waals surface area contributed by atoms with E-state index in [9.17, 15) is 0 Å². The molecule has 0 heterocycles. The Labute approximate surface area is 63.5 Å². The van der Waals surface area contributed by atoms with E-state index in [1.54, 1.807) is 0 Å². The van der Waals surface area contributed by atoms with Crippen molar-refractivity contribution in [2.24, 2.45) is 0 Å². The smallest absolute Gasteiger partial charge is 0.111 e. The Kier molecular flexibility index (Phi) is 2.46. The van der Waals surface area contributed by atoms with Gasteiger partial charge in [-0.1, -0.05) is 0 Å². The number of aliphatic hydroxyl groups excluding tert-OH is 5. The van der Waals surface area contributed by atoms with E-state index in [1.165, 1.54) is 0 Å². The monoisotopic (exact) mass is 164 g/mol. The highest BCUT2D eigenvalue weighted by Gasteiger charge is 2.40. The van der Waals surface area contributed by atoms with Crippen LogP contribution in [0.2, 0.25) is 0 Å². The maximum atomic E-state index is 8.97. The average molecular weight is 164 g/mol. The molecule has 1 saturated carbocycles. The summed E-state index contributed by atoms with van der Waals surface area (Å²) in [6.07, 6.45) is -6.64. The lowest BCUT2D eigenvalue weighted by atomic mass is 9.87. The minimum absolute atomic E-state index is 0.112. The van der Waals surface area contributed by atoms with Crippen molar-refractivity contribution < 1.29 is 25.5 Å². The second-order valence-electron chi connectivity index (χ2n) is 2.84. The fraction of sp³-hybridized carbons (Fsp3) is 1.00. The Bertz CT molecular complexity index is 125. The molecule has 0 aromatic heterocycles. The van der Waals surface area contributed by atoms with E-state index in [4.69, 9.17) is 25.5 Å². The molecule has 0 amide bonds. The van der Waals surface area contributed by atoms with Gasteiger partial charge >= 0.3 is 0 Å². The lowest BCUT2D eigenvalue weighted by Crippen LogP contribution is -2.55. The topological polar surface area (TPSA) is 101 Å². The van der Waals surface area contributed by atoms with E-state index in [0.29, 0.717) is 0 Å². The van der Waals surface area contributed by atoms with Crippen LogP contribution < -0.4 is 0 Å². The van der Waals surface area contributed by atoms with E-state index in [-0.39, 0.29) is 6.42 Å². The van der Waals surface area contributed by atoms with Crippen LogP contribution >= 0.6 is 0 Å². The van der Waals surface area contributed by atoms with Crippen LogP contribution in [-0.4, -0.2) is 56.1 Å². The van der Waals surface area contributed by atoms with Crippen molar-refractivity contribution in [2.75, 3.05) is 0 Å². The Hall–Kier alpha value is -0.200. The molecule has 5 nitrogen and oxygen atoms in total. The number of aliphatic hydroxyl groups is 5. The SMILES string of the molecule is OC1C[C@H](O)C(O)C(O)[C@H]1O. The van der Waals surface area contributed by atoms with Gasteiger partial charge in [0.2, 0.25) is 0 Å². The van der Waals surface area contributed by atoms with Crippen LogP contribution in [0.4, 0.5) is 0 Å². The van der Waals surface area contributed by atoms with Crippen LogP contribution in [0.5, 0.6) is 0 Å². The molecule has 3 unspecified atom stereocenters. The first kappa shape index (κ1) is 8.89. The van der Waals surface area contributed by atoms with Crippen molar-refractivity contribution in [1.82, 2.24) is 0 Å². The summed E-state index contributed by atoms with van der Waals surface area (Å²) in [6, 6.07) is 0. The maximum absolute atomic E-state index is 8.97. The normalized spacial score (nSPS) is 52.6. The third-order valence-electron chi connectivity index (χ3n) is 1.97. The Morgan fingerprint density at radius 2 is 1.00 bits per heavy atom. The van der Waals surface area contributed by atoms with Crippen molar-refractivity contribution in [2.45, 2.75) is 36.9 Å². The van der Waals surface area contributed by atoms with Crippen LogP contribution in [0, 0.1) is 0 Å². The van der Waals surface area contributed by atoms with Gasteiger partial charge in [0.15, 0.2) is 0 Å². The maximum Gasteiger partial charge on any atom is 0.111 e. The molecule has 11 heavy (non-hydrogen) atoms. The zero-order valence-corrected chi connectivity index (χ0v) is 5.83. The first-order chi connectivity index (χ1) is 5.04. The van der Waals surface area contributed by atoms with E-state index in [0.717, 1.165) is 0 Å². The number of rotatable bonds is 0. The molecule has 5 heteroatoms. The predicted octanol–water partition coefficient (Wildman–Crippen LogP) is -2.81. The third kappa shape index (κ3) is 1.52. The first-order valence-electron chi connectivity index (χ1n) is 3.44. The van der Waals surface area contributed by atoms with E-state index < -0.39 is 30.5 Å². The van der Waals surface area contributed by atoms with Crippen LogP contribution in [0.1, 0.15) is 6.42 Å². The molecule has 0 spiro atoms. The molecule has 1 fully saturated rings. The van der Waals surface area contributed by atoms with E-state index >= 15 is 0 Å². The first-order valence-corrected chi connectivity index (χ1v) is 3.44. The molecule has 0 bridgehead atoms. The van der Waals surface area contributed by atoms with Crippen LogP contribution in [0.15, 0.2) is 0 Å². The summed E-state index contributed by atoms with van der Waals surface area (Å²) < 4.78 is 0. The highest BCUT2D eigenvalue weighted by atomic mass is 16.4. The van der Waals surface area contributed by atoms with Gasteiger partial charge in [0.25, 0.3) is 0 Å². The highest BCUT2D eigenvalue weighted by Crippen LogP contribution is 2.20. The Morgan fingerprint density at radius 3 is 1.36 bits per heavy atom.